The third-order valence-electron chi connectivity index (χ3n) is 5.55. The van der Waals surface area contributed by atoms with E-state index >= 15 is 0 Å². The summed E-state index contributed by atoms with van der Waals surface area (Å²) in [7, 11) is -3.39. The van der Waals surface area contributed by atoms with E-state index in [1.807, 2.05) is 32.0 Å². The maximum absolute atomic E-state index is 12.1. The number of aromatic amines is 1. The van der Waals surface area contributed by atoms with Gasteiger partial charge in [0.25, 0.3) is 0 Å². The number of nitrogens with two attached hydrogens (primary N) is 1. The predicted molar refractivity (Wildman–Crippen MR) is 121 cm³/mol. The predicted octanol–water partition coefficient (Wildman–Crippen LogP) is 3.12. The van der Waals surface area contributed by atoms with Crippen molar-refractivity contribution in [2.24, 2.45) is 5.73 Å². The molecule has 0 aliphatic rings. The van der Waals surface area contributed by atoms with Crippen LogP contribution in [-0.4, -0.2) is 40.8 Å². The second kappa shape index (κ2) is 8.09. The Kier molecular flexibility index (Phi) is 5.99. The van der Waals surface area contributed by atoms with Gasteiger partial charge in [0.15, 0.2) is 14.9 Å². The summed E-state index contributed by atoms with van der Waals surface area (Å²) in [6, 6.07) is 10.6. The van der Waals surface area contributed by atoms with Crippen LogP contribution in [0, 0.1) is 0 Å². The van der Waals surface area contributed by atoms with Gasteiger partial charge in [-0.1, -0.05) is 39.0 Å². The van der Waals surface area contributed by atoms with Gasteiger partial charge in [0, 0.05) is 23.1 Å². The molecule has 0 unspecified atom stereocenters. The van der Waals surface area contributed by atoms with Crippen molar-refractivity contribution in [3.63, 3.8) is 0 Å². The number of fused-ring (bicyclic) bond motifs is 1. The summed E-state index contributed by atoms with van der Waals surface area (Å²) in [4.78, 5) is 19.1. The lowest BCUT2D eigenvalue weighted by Crippen LogP contribution is -2.37. The highest BCUT2D eigenvalue weighted by Crippen LogP contribution is 2.36. The number of aromatic nitrogens is 2. The Morgan fingerprint density at radius 1 is 1.19 bits per heavy atom. The summed E-state index contributed by atoms with van der Waals surface area (Å²) >= 11 is 0. The maximum Gasteiger partial charge on any atom is 0.248 e. The fraction of sp³-hybridized carbons (Fsp3) is 0.391. The molecule has 3 rings (SSSR count). The zero-order chi connectivity index (χ0) is 23.0. The quantitative estimate of drug-likeness (QED) is 0.493. The first-order valence-corrected chi connectivity index (χ1v) is 11.8. The van der Waals surface area contributed by atoms with Crippen molar-refractivity contribution in [3.05, 3.63) is 59.4 Å². The van der Waals surface area contributed by atoms with E-state index < -0.39 is 26.8 Å². The number of carbonyl (C=O) groups is 1. The average Bonchev–Trinajstić information content (AvgIpc) is 3.07. The van der Waals surface area contributed by atoms with Gasteiger partial charge in [0.2, 0.25) is 5.91 Å². The second-order valence-corrected chi connectivity index (χ2v) is 11.2. The number of nitrogens with one attached hydrogen (secondary N) is 1. The Morgan fingerprint density at radius 2 is 1.87 bits per heavy atom. The molecular formula is C23H29N3O4S. The molecule has 7 nitrogen and oxygen atoms in total. The number of amides is 1. The van der Waals surface area contributed by atoms with Crippen LogP contribution < -0.4 is 5.73 Å². The summed E-state index contributed by atoms with van der Waals surface area (Å²) in [6.07, 6.45) is 2.20. The number of aliphatic hydroxyl groups is 1. The smallest absolute Gasteiger partial charge is 0.248 e. The van der Waals surface area contributed by atoms with E-state index in [0.29, 0.717) is 23.9 Å². The molecule has 8 heteroatoms. The average molecular weight is 444 g/mol. The highest BCUT2D eigenvalue weighted by Gasteiger charge is 2.34. The van der Waals surface area contributed by atoms with Gasteiger partial charge in [0.1, 0.15) is 0 Å². The van der Waals surface area contributed by atoms with Crippen molar-refractivity contribution in [2.45, 2.75) is 56.6 Å². The van der Waals surface area contributed by atoms with Crippen LogP contribution in [0.25, 0.3) is 10.9 Å². The maximum atomic E-state index is 12.1. The number of H-pyrrole nitrogens is 1. The van der Waals surface area contributed by atoms with Crippen LogP contribution in [0.2, 0.25) is 0 Å². The molecule has 0 aliphatic heterocycles. The monoisotopic (exact) mass is 443 g/mol. The molecule has 3 aromatic rings. The molecule has 1 aromatic carbocycles. The van der Waals surface area contributed by atoms with Crippen LogP contribution in [0.3, 0.4) is 0 Å². The fourth-order valence-corrected chi connectivity index (χ4v) is 5.11. The van der Waals surface area contributed by atoms with Gasteiger partial charge in [-0.15, -0.1) is 0 Å². The highest BCUT2D eigenvalue weighted by atomic mass is 32.2. The van der Waals surface area contributed by atoms with Crippen LogP contribution in [0.4, 0.5) is 0 Å². The van der Waals surface area contributed by atoms with E-state index in [1.54, 1.807) is 32.0 Å². The number of nitrogens with zero attached hydrogens (tertiary/aromatic N) is 1. The van der Waals surface area contributed by atoms with Crippen molar-refractivity contribution in [2.75, 3.05) is 5.75 Å². The number of benzene rings is 1. The molecule has 2 heterocycles. The number of pyridine rings is 1. The third-order valence-corrected chi connectivity index (χ3v) is 7.17. The molecule has 0 spiro atoms. The lowest BCUT2D eigenvalue weighted by molar-refractivity contribution is 0.0307. The van der Waals surface area contributed by atoms with Gasteiger partial charge >= 0.3 is 0 Å². The normalized spacial score (nSPS) is 14.5. The number of primary amides is 1. The second-order valence-electron chi connectivity index (χ2n) is 8.95. The van der Waals surface area contributed by atoms with Gasteiger partial charge < -0.3 is 15.8 Å². The van der Waals surface area contributed by atoms with Gasteiger partial charge in [0.05, 0.1) is 23.1 Å². The molecule has 0 saturated carbocycles. The van der Waals surface area contributed by atoms with Crippen molar-refractivity contribution < 1.29 is 18.3 Å². The first-order chi connectivity index (χ1) is 14.3. The van der Waals surface area contributed by atoms with E-state index in [9.17, 15) is 18.3 Å². The Balaban J connectivity index is 1.86. The standard InChI is InChI=1S/C23H29N3O4S/c1-5-31(29,30)20-11-15-10-16(26-19(15)13-25-20)12-23(4,28)14-22(2,3)18-9-7-6-8-17(18)21(24)27/h6-11,13,26,28H,5,12,14H2,1-4H3,(H2,24,27)/t23-/m0/s1. The van der Waals surface area contributed by atoms with E-state index in [1.165, 1.54) is 6.20 Å². The molecule has 31 heavy (non-hydrogen) atoms. The summed E-state index contributed by atoms with van der Waals surface area (Å²) in [5.41, 5.74) is 6.65. The molecule has 1 atom stereocenters. The zero-order valence-electron chi connectivity index (χ0n) is 18.3. The minimum atomic E-state index is -3.39. The van der Waals surface area contributed by atoms with Gasteiger partial charge in [-0.2, -0.15) is 0 Å². The zero-order valence-corrected chi connectivity index (χ0v) is 19.1. The molecule has 0 aliphatic carbocycles. The minimum Gasteiger partial charge on any atom is -0.390 e. The number of hydrogen-bond donors (Lipinski definition) is 3. The van der Waals surface area contributed by atoms with E-state index in [0.717, 1.165) is 16.6 Å². The lowest BCUT2D eigenvalue weighted by Gasteiger charge is -2.35. The first-order valence-electron chi connectivity index (χ1n) is 10.2. The van der Waals surface area contributed by atoms with Gasteiger partial charge in [-0.25, -0.2) is 13.4 Å². The molecule has 0 saturated heterocycles. The third kappa shape index (κ3) is 4.97. The van der Waals surface area contributed by atoms with Crippen molar-refractivity contribution in [1.29, 1.82) is 0 Å². The highest BCUT2D eigenvalue weighted by molar-refractivity contribution is 7.91. The topological polar surface area (TPSA) is 126 Å². The molecule has 4 N–H and O–H groups in total. The molecule has 0 radical (unpaired) electrons. The van der Waals surface area contributed by atoms with Crippen LogP contribution in [0.5, 0.6) is 0 Å². The van der Waals surface area contributed by atoms with Crippen molar-refractivity contribution in [1.82, 2.24) is 9.97 Å². The molecular weight excluding hydrogens is 414 g/mol. The number of sulfone groups is 1. The summed E-state index contributed by atoms with van der Waals surface area (Å²) in [5, 5.41) is 12.0. The van der Waals surface area contributed by atoms with Gasteiger partial charge in [-0.05, 0) is 42.5 Å². The number of hydrogen-bond acceptors (Lipinski definition) is 5. The van der Waals surface area contributed by atoms with E-state index in [-0.39, 0.29) is 10.8 Å². The lowest BCUT2D eigenvalue weighted by atomic mass is 9.73. The Bertz CT molecular complexity index is 1230. The van der Waals surface area contributed by atoms with Crippen LogP contribution in [0.15, 0.2) is 47.6 Å². The Hall–Kier alpha value is -2.71. The SMILES string of the molecule is CCS(=O)(=O)c1cc2cc(C[C@](C)(O)CC(C)(C)c3ccccc3C(N)=O)[nH]c2cn1. The Morgan fingerprint density at radius 3 is 2.52 bits per heavy atom. The largest absolute Gasteiger partial charge is 0.390 e. The van der Waals surface area contributed by atoms with Crippen LogP contribution in [0.1, 0.15) is 55.7 Å². The van der Waals surface area contributed by atoms with Crippen LogP contribution >= 0.6 is 0 Å². The fourth-order valence-electron chi connectivity index (χ4n) is 4.29. The summed E-state index contributed by atoms with van der Waals surface area (Å²) in [5.74, 6) is -0.511. The molecule has 1 amide bonds. The molecule has 0 bridgehead atoms. The summed E-state index contributed by atoms with van der Waals surface area (Å²) in [6.45, 7) is 7.28. The Labute approximate surface area is 182 Å². The molecule has 166 valence electrons. The van der Waals surface area contributed by atoms with Gasteiger partial charge in [-0.3, -0.25) is 4.79 Å². The minimum absolute atomic E-state index is 0.0145. The van der Waals surface area contributed by atoms with Crippen molar-refractivity contribution in [3.8, 4) is 0 Å². The number of carbonyl (C=O) groups excluding carboxylic acids is 1. The molecule has 0 fully saturated rings. The summed E-state index contributed by atoms with van der Waals surface area (Å²) < 4.78 is 24.2. The number of rotatable bonds is 8. The van der Waals surface area contributed by atoms with Crippen molar-refractivity contribution >= 4 is 26.6 Å². The first kappa shape index (κ1) is 23.0. The molecule has 2 aromatic heterocycles. The van der Waals surface area contributed by atoms with E-state index in [2.05, 4.69) is 9.97 Å². The van der Waals surface area contributed by atoms with Crippen LogP contribution in [-0.2, 0) is 21.7 Å². The van der Waals surface area contributed by atoms with E-state index in [4.69, 9.17) is 5.73 Å².